The summed E-state index contributed by atoms with van der Waals surface area (Å²) in [5.74, 6) is 0.509. The molecule has 8 heteroatoms. The first-order valence-corrected chi connectivity index (χ1v) is 10.3. The van der Waals surface area contributed by atoms with Crippen LogP contribution in [0.2, 0.25) is 0 Å². The number of anilines is 1. The molecule has 1 heterocycles. The van der Waals surface area contributed by atoms with Gasteiger partial charge >= 0.3 is 0 Å². The van der Waals surface area contributed by atoms with E-state index >= 15 is 0 Å². The summed E-state index contributed by atoms with van der Waals surface area (Å²) in [7, 11) is -1.85. The maximum absolute atomic E-state index is 12.2. The monoisotopic (exact) mass is 387 g/mol. The summed E-state index contributed by atoms with van der Waals surface area (Å²) in [5.41, 5.74) is 2.63. The molecule has 0 aromatic heterocycles. The van der Waals surface area contributed by atoms with Crippen LogP contribution in [0.3, 0.4) is 0 Å². The first-order chi connectivity index (χ1) is 12.8. The summed E-state index contributed by atoms with van der Waals surface area (Å²) in [6, 6.07) is 14.2. The van der Waals surface area contributed by atoms with Crippen LogP contribution < -0.4 is 9.46 Å². The number of nitrogens with one attached hydrogen (secondary N) is 1. The number of amides is 1. The van der Waals surface area contributed by atoms with E-state index in [4.69, 9.17) is 4.74 Å². The number of methoxy groups -OCH3 is 1. The molecule has 1 atom stereocenters. The zero-order valence-corrected chi connectivity index (χ0v) is 16.2. The number of carbonyl (C=O) groups excluding carboxylic acids is 1. The molecule has 0 bridgehead atoms. The van der Waals surface area contributed by atoms with Crippen molar-refractivity contribution in [3.05, 3.63) is 59.7 Å². The van der Waals surface area contributed by atoms with Gasteiger partial charge in [-0.25, -0.2) is 13.4 Å². The van der Waals surface area contributed by atoms with Crippen molar-refractivity contribution < 1.29 is 17.9 Å². The Balaban J connectivity index is 1.99. The molecule has 0 spiro atoms. The van der Waals surface area contributed by atoms with E-state index in [1.807, 2.05) is 30.3 Å². The van der Waals surface area contributed by atoms with E-state index in [1.165, 1.54) is 11.9 Å². The Hall–Kier alpha value is -2.87. The highest BCUT2D eigenvalue weighted by molar-refractivity contribution is 7.92. The second-order valence-electron chi connectivity index (χ2n) is 6.33. The number of hydrogen-bond donors (Lipinski definition) is 1. The molecule has 0 aliphatic carbocycles. The summed E-state index contributed by atoms with van der Waals surface area (Å²) in [5, 5.41) is 5.92. The molecular formula is C19H21N3O4S. The first kappa shape index (κ1) is 18.9. The van der Waals surface area contributed by atoms with Gasteiger partial charge < -0.3 is 4.74 Å². The lowest BCUT2D eigenvalue weighted by atomic mass is 9.97. The molecule has 1 unspecified atom stereocenters. The van der Waals surface area contributed by atoms with E-state index in [0.29, 0.717) is 29.1 Å². The molecule has 0 saturated carbocycles. The van der Waals surface area contributed by atoms with E-state index in [-0.39, 0.29) is 11.9 Å². The molecule has 3 rings (SSSR count). The van der Waals surface area contributed by atoms with Crippen molar-refractivity contribution in [1.82, 2.24) is 5.01 Å². The number of ether oxygens (including phenoxy) is 1. The van der Waals surface area contributed by atoms with Gasteiger partial charge in [0, 0.05) is 18.9 Å². The Morgan fingerprint density at radius 2 is 1.96 bits per heavy atom. The van der Waals surface area contributed by atoms with Gasteiger partial charge in [0.05, 0.1) is 30.8 Å². The number of rotatable bonds is 5. The Kier molecular flexibility index (Phi) is 5.18. The van der Waals surface area contributed by atoms with Gasteiger partial charge in [0.15, 0.2) is 0 Å². The predicted molar refractivity (Wildman–Crippen MR) is 104 cm³/mol. The number of para-hydroxylation sites is 1. The van der Waals surface area contributed by atoms with Crippen molar-refractivity contribution in [2.75, 3.05) is 18.1 Å². The van der Waals surface area contributed by atoms with Crippen LogP contribution in [0, 0.1) is 0 Å². The van der Waals surface area contributed by atoms with Gasteiger partial charge in [0.25, 0.3) is 0 Å². The average molecular weight is 387 g/mol. The SMILES string of the molecule is COc1cccc(C2CC(c3ccccc3NS(C)(=O)=O)=NN2C(C)=O)c1. The van der Waals surface area contributed by atoms with Crippen LogP contribution in [-0.2, 0) is 14.8 Å². The number of benzene rings is 2. The number of sulfonamides is 1. The molecule has 1 aliphatic rings. The van der Waals surface area contributed by atoms with Crippen molar-refractivity contribution in [3.63, 3.8) is 0 Å². The fourth-order valence-corrected chi connectivity index (χ4v) is 3.67. The van der Waals surface area contributed by atoms with Crippen LogP contribution in [0.1, 0.15) is 30.5 Å². The smallest absolute Gasteiger partial charge is 0.240 e. The minimum atomic E-state index is -3.44. The number of hydrazone groups is 1. The third-order valence-electron chi connectivity index (χ3n) is 4.24. The van der Waals surface area contributed by atoms with Crippen molar-refractivity contribution in [2.24, 2.45) is 5.10 Å². The minimum absolute atomic E-state index is 0.189. The fourth-order valence-electron chi connectivity index (χ4n) is 3.10. The highest BCUT2D eigenvalue weighted by Crippen LogP contribution is 2.35. The summed E-state index contributed by atoms with van der Waals surface area (Å²) in [4.78, 5) is 12.2. The lowest BCUT2D eigenvalue weighted by molar-refractivity contribution is -0.130. The Bertz CT molecular complexity index is 1000. The lowest BCUT2D eigenvalue weighted by Crippen LogP contribution is -2.24. The molecule has 1 N–H and O–H groups in total. The van der Waals surface area contributed by atoms with Crippen LogP contribution >= 0.6 is 0 Å². The number of nitrogens with zero attached hydrogens (tertiary/aromatic N) is 2. The van der Waals surface area contributed by atoms with E-state index in [2.05, 4.69) is 9.82 Å². The van der Waals surface area contributed by atoms with Crippen molar-refractivity contribution >= 4 is 27.3 Å². The summed E-state index contributed by atoms with van der Waals surface area (Å²) in [6.45, 7) is 1.46. The van der Waals surface area contributed by atoms with Gasteiger partial charge in [-0.3, -0.25) is 9.52 Å². The van der Waals surface area contributed by atoms with Crippen molar-refractivity contribution in [3.8, 4) is 5.75 Å². The van der Waals surface area contributed by atoms with Crippen LogP contribution in [-0.4, -0.2) is 38.4 Å². The Labute approximate surface area is 158 Å². The normalized spacial score (nSPS) is 16.8. The molecule has 1 amide bonds. The molecule has 0 fully saturated rings. The third-order valence-corrected chi connectivity index (χ3v) is 4.84. The molecular weight excluding hydrogens is 366 g/mol. The molecule has 2 aromatic carbocycles. The van der Waals surface area contributed by atoms with E-state index in [1.54, 1.807) is 25.3 Å². The molecule has 0 saturated heterocycles. The van der Waals surface area contributed by atoms with Gasteiger partial charge in [0.1, 0.15) is 5.75 Å². The Morgan fingerprint density at radius 1 is 1.22 bits per heavy atom. The molecule has 142 valence electrons. The minimum Gasteiger partial charge on any atom is -0.497 e. The highest BCUT2D eigenvalue weighted by atomic mass is 32.2. The summed E-state index contributed by atoms with van der Waals surface area (Å²) < 4.78 is 31.1. The standard InChI is InChI=1S/C19H21N3O4S/c1-13(23)22-19(14-7-6-8-15(11-14)26-2)12-18(20-22)16-9-4-5-10-17(16)21-27(3,24)25/h4-11,19,21H,12H2,1-3H3. The molecule has 2 aromatic rings. The number of hydrogen-bond acceptors (Lipinski definition) is 5. The topological polar surface area (TPSA) is 88.1 Å². The van der Waals surface area contributed by atoms with Crippen molar-refractivity contribution in [1.29, 1.82) is 0 Å². The van der Waals surface area contributed by atoms with Gasteiger partial charge in [-0.1, -0.05) is 30.3 Å². The van der Waals surface area contributed by atoms with Crippen LogP contribution in [0.15, 0.2) is 53.6 Å². The molecule has 7 nitrogen and oxygen atoms in total. The third kappa shape index (κ3) is 4.28. The van der Waals surface area contributed by atoms with Crippen LogP contribution in [0.25, 0.3) is 0 Å². The maximum Gasteiger partial charge on any atom is 0.240 e. The molecule has 27 heavy (non-hydrogen) atoms. The highest BCUT2D eigenvalue weighted by Gasteiger charge is 2.32. The molecule has 0 radical (unpaired) electrons. The van der Waals surface area contributed by atoms with Gasteiger partial charge in [-0.15, -0.1) is 0 Å². The second kappa shape index (κ2) is 7.40. The summed E-state index contributed by atoms with van der Waals surface area (Å²) in [6.07, 6.45) is 1.57. The second-order valence-corrected chi connectivity index (χ2v) is 8.08. The Morgan fingerprint density at radius 3 is 2.63 bits per heavy atom. The van der Waals surface area contributed by atoms with E-state index in [9.17, 15) is 13.2 Å². The lowest BCUT2D eigenvalue weighted by Gasteiger charge is -2.20. The van der Waals surface area contributed by atoms with E-state index in [0.717, 1.165) is 11.8 Å². The van der Waals surface area contributed by atoms with Crippen LogP contribution in [0.4, 0.5) is 5.69 Å². The zero-order chi connectivity index (χ0) is 19.6. The average Bonchev–Trinajstić information content (AvgIpc) is 3.06. The van der Waals surface area contributed by atoms with E-state index < -0.39 is 10.0 Å². The quantitative estimate of drug-likeness (QED) is 0.854. The molecule has 1 aliphatic heterocycles. The summed E-state index contributed by atoms with van der Waals surface area (Å²) >= 11 is 0. The van der Waals surface area contributed by atoms with Crippen LogP contribution in [0.5, 0.6) is 5.75 Å². The fraction of sp³-hybridized carbons (Fsp3) is 0.263. The van der Waals surface area contributed by atoms with Gasteiger partial charge in [0.2, 0.25) is 15.9 Å². The van der Waals surface area contributed by atoms with Gasteiger partial charge in [-0.2, -0.15) is 5.10 Å². The van der Waals surface area contributed by atoms with Crippen molar-refractivity contribution in [2.45, 2.75) is 19.4 Å². The maximum atomic E-state index is 12.2. The number of carbonyl (C=O) groups is 1. The van der Waals surface area contributed by atoms with Gasteiger partial charge in [-0.05, 0) is 23.8 Å². The first-order valence-electron chi connectivity index (χ1n) is 8.37. The zero-order valence-electron chi connectivity index (χ0n) is 15.3. The predicted octanol–water partition coefficient (Wildman–Crippen LogP) is 2.76. The largest absolute Gasteiger partial charge is 0.497 e.